The summed E-state index contributed by atoms with van der Waals surface area (Å²) >= 11 is 6.32. The second-order valence-corrected chi connectivity index (χ2v) is 17.1. The highest BCUT2D eigenvalue weighted by molar-refractivity contribution is 9.12. The van der Waals surface area contributed by atoms with E-state index in [0.717, 1.165) is 40.8 Å². The third-order valence-corrected chi connectivity index (χ3v) is 11.7. The fourth-order valence-corrected chi connectivity index (χ4v) is 8.23. The number of amides is 2. The van der Waals surface area contributed by atoms with Gasteiger partial charge in [-0.3, -0.25) is 15.0 Å². The number of alkyl carbamates (subject to hydrolysis) is 1. The first-order valence-corrected chi connectivity index (χ1v) is 20.4. The van der Waals surface area contributed by atoms with Gasteiger partial charge in [0.25, 0.3) is 5.91 Å². The van der Waals surface area contributed by atoms with Crippen molar-refractivity contribution < 1.29 is 32.2 Å². The fraction of sp³-hybridized carbons (Fsp3) is 0.250. The summed E-state index contributed by atoms with van der Waals surface area (Å²) < 4.78 is 48.2. The molecule has 2 unspecified atom stereocenters. The summed E-state index contributed by atoms with van der Waals surface area (Å²) in [5.74, 6) is -0.0838. The summed E-state index contributed by atoms with van der Waals surface area (Å²) in [4.78, 5) is 42.6. The van der Waals surface area contributed by atoms with Gasteiger partial charge in [0.1, 0.15) is 29.0 Å². The van der Waals surface area contributed by atoms with Crippen LogP contribution in [0.15, 0.2) is 113 Å². The Morgan fingerprint density at radius 3 is 2.46 bits per heavy atom. The Hall–Kier alpha value is -5.13. The molecular weight excluding hydrogens is 844 g/mol. The van der Waals surface area contributed by atoms with Gasteiger partial charge < -0.3 is 9.47 Å². The van der Waals surface area contributed by atoms with E-state index in [2.05, 4.69) is 36.1 Å². The van der Waals surface area contributed by atoms with Crippen LogP contribution in [0.4, 0.5) is 23.7 Å². The van der Waals surface area contributed by atoms with E-state index in [1.165, 1.54) is 58.8 Å². The van der Waals surface area contributed by atoms with Crippen LogP contribution in [0.25, 0.3) is 17.1 Å². The Labute approximate surface area is 343 Å². The number of carbonyl (C=O) groups is 2. The molecule has 294 valence electrons. The Morgan fingerprint density at radius 1 is 1.02 bits per heavy atom. The van der Waals surface area contributed by atoms with E-state index in [-0.39, 0.29) is 24.7 Å². The van der Waals surface area contributed by atoms with Gasteiger partial charge in [0.05, 0.1) is 11.4 Å². The molecule has 2 heterocycles. The number of aromatic nitrogens is 3. The molecular formula is C40H35BrF3N7O4S2. The maximum absolute atomic E-state index is 13.5. The normalized spacial score (nSPS) is 17.2. The first kappa shape index (κ1) is 40.1. The predicted octanol–water partition coefficient (Wildman–Crippen LogP) is 9.35. The molecule has 57 heavy (non-hydrogen) atoms. The molecule has 11 nitrogen and oxygen atoms in total. The first-order chi connectivity index (χ1) is 27.4. The van der Waals surface area contributed by atoms with Gasteiger partial charge in [0.2, 0.25) is 0 Å². The van der Waals surface area contributed by atoms with Crippen LogP contribution in [0.1, 0.15) is 35.1 Å². The van der Waals surface area contributed by atoms with Gasteiger partial charge in [-0.15, -0.1) is 18.3 Å². The number of amidine groups is 2. The summed E-state index contributed by atoms with van der Waals surface area (Å²) in [6.45, 7) is 4.00. The van der Waals surface area contributed by atoms with Crippen LogP contribution in [0, 0.1) is 13.8 Å². The van der Waals surface area contributed by atoms with Crippen LogP contribution >= 0.6 is 39.5 Å². The highest BCUT2D eigenvalue weighted by Crippen LogP contribution is 2.39. The quantitative estimate of drug-likeness (QED) is 0.0792. The minimum atomic E-state index is -4.79. The van der Waals surface area contributed by atoms with Crippen molar-refractivity contribution in [1.82, 2.24) is 20.1 Å². The van der Waals surface area contributed by atoms with Gasteiger partial charge in [-0.2, -0.15) is 4.99 Å². The highest BCUT2D eigenvalue weighted by atomic mass is 79.9. The van der Waals surface area contributed by atoms with Crippen molar-refractivity contribution in [1.29, 1.82) is 0 Å². The molecule has 0 bridgehead atoms. The van der Waals surface area contributed by atoms with Gasteiger partial charge in [-0.05, 0) is 79.3 Å². The number of benzene rings is 4. The van der Waals surface area contributed by atoms with Crippen LogP contribution in [-0.4, -0.2) is 59.0 Å². The number of anilines is 1. The molecule has 17 heteroatoms. The smallest absolute Gasteiger partial charge is 0.445 e. The van der Waals surface area contributed by atoms with Gasteiger partial charge in [0, 0.05) is 17.2 Å². The van der Waals surface area contributed by atoms with Gasteiger partial charge >= 0.3 is 12.5 Å². The van der Waals surface area contributed by atoms with E-state index < -0.39 is 22.8 Å². The molecule has 2 atom stereocenters. The van der Waals surface area contributed by atoms with E-state index in [9.17, 15) is 22.8 Å². The number of thioether (sulfide) groups is 2. The lowest BCUT2D eigenvalue weighted by Gasteiger charge is -2.20. The molecule has 2 fully saturated rings. The zero-order chi connectivity index (χ0) is 40.1. The third kappa shape index (κ3) is 10.8. The predicted molar refractivity (Wildman–Crippen MR) is 220 cm³/mol. The summed E-state index contributed by atoms with van der Waals surface area (Å²) in [7, 11) is 0. The summed E-state index contributed by atoms with van der Waals surface area (Å²) in [6, 6.07) is 28.0. The van der Waals surface area contributed by atoms with Crippen LogP contribution < -0.4 is 15.0 Å². The van der Waals surface area contributed by atoms with Gasteiger partial charge in [-0.1, -0.05) is 106 Å². The number of nitrogens with one attached hydrogen (secondary N) is 1. The lowest BCUT2D eigenvalue weighted by atomic mass is 10.1. The molecule has 5 aromatic rings. The molecule has 1 aliphatic carbocycles. The van der Waals surface area contributed by atoms with Crippen molar-refractivity contribution in [2.75, 3.05) is 4.90 Å². The van der Waals surface area contributed by atoms with Crippen molar-refractivity contribution in [3.05, 3.63) is 126 Å². The second kappa shape index (κ2) is 17.6. The molecule has 1 aromatic heterocycles. The molecule has 0 radical (unpaired) electrons. The Morgan fingerprint density at radius 2 is 1.75 bits per heavy atom. The maximum Gasteiger partial charge on any atom is 0.573 e. The number of hydrogen-bond acceptors (Lipinski definition) is 9. The SMILES string of the molecule is Cc1ccc(C)c(N2C(=O)C(Br)S/C2=N\C(=N\C(Cc2ccc(-c3ncn(-c4ccc(OC(F)(F)F)cc4)n3)cc2)NC(=O)OCc2ccccc2)SC2CC2)c1. The van der Waals surface area contributed by atoms with Crippen LogP contribution in [-0.2, 0) is 22.6 Å². The number of nitrogens with zero attached hydrogens (tertiary/aromatic N) is 6. The summed E-state index contributed by atoms with van der Waals surface area (Å²) in [5, 5.41) is 8.64. The monoisotopic (exact) mass is 877 g/mol. The molecule has 1 aliphatic heterocycles. The number of aryl methyl sites for hydroxylation is 2. The zero-order valence-electron chi connectivity index (χ0n) is 30.5. The topological polar surface area (TPSA) is 123 Å². The van der Waals surface area contributed by atoms with Crippen LogP contribution in [0.2, 0.25) is 0 Å². The molecule has 1 N–H and O–H groups in total. The van der Waals surface area contributed by atoms with Crippen molar-refractivity contribution >= 4 is 67.5 Å². The number of aliphatic imine (C=N–C) groups is 2. The Bertz CT molecular complexity index is 2290. The third-order valence-electron chi connectivity index (χ3n) is 8.64. The molecule has 1 saturated carbocycles. The first-order valence-electron chi connectivity index (χ1n) is 17.8. The summed E-state index contributed by atoms with van der Waals surface area (Å²) in [5.41, 5.74) is 5.55. The van der Waals surface area contributed by atoms with E-state index in [4.69, 9.17) is 14.7 Å². The molecule has 0 spiro atoms. The molecule has 2 amide bonds. The van der Waals surface area contributed by atoms with Crippen molar-refractivity contribution in [2.45, 2.75) is 61.7 Å². The van der Waals surface area contributed by atoms with E-state index >= 15 is 0 Å². The maximum atomic E-state index is 13.5. The van der Waals surface area contributed by atoms with Crippen molar-refractivity contribution in [3.8, 4) is 22.8 Å². The average Bonchev–Trinajstić information content (AvgIpc) is 3.78. The average molecular weight is 879 g/mol. The molecule has 2 aliphatic rings. The van der Waals surface area contributed by atoms with Gasteiger partial charge in [-0.25, -0.2) is 19.5 Å². The summed E-state index contributed by atoms with van der Waals surface area (Å²) in [6.07, 6.45) is -2.47. The minimum Gasteiger partial charge on any atom is -0.445 e. The number of ether oxygens (including phenoxy) is 2. The number of alkyl halides is 4. The molecule has 7 rings (SSSR count). The number of rotatable bonds is 11. The van der Waals surface area contributed by atoms with Gasteiger partial charge in [0.15, 0.2) is 16.2 Å². The van der Waals surface area contributed by atoms with Crippen molar-refractivity contribution in [2.24, 2.45) is 9.98 Å². The Balaban J connectivity index is 1.14. The minimum absolute atomic E-state index is 0.0745. The lowest BCUT2D eigenvalue weighted by Crippen LogP contribution is -2.36. The number of halogens is 4. The molecule has 1 saturated heterocycles. The number of hydrogen-bond donors (Lipinski definition) is 1. The fourth-order valence-electron chi connectivity index (χ4n) is 5.65. The van der Waals surface area contributed by atoms with Crippen LogP contribution in [0.5, 0.6) is 5.75 Å². The number of carbonyl (C=O) groups excluding carboxylic acids is 2. The zero-order valence-corrected chi connectivity index (χ0v) is 33.7. The standard InChI is InChI=1S/C40H35BrF3N7O4S2/c1-24-8-9-25(2)32(20-24)51-36(52)34(41)57-38(51)48-37(56-31-18-19-31)46-33(47-39(53)54-22-27-6-4-3-5-7-27)21-26-10-12-28(13-11-26)35-45-23-50(49-35)29-14-16-30(17-15-29)55-40(42,43)44/h3-17,20,23,31,33-34H,18-19,21-22H2,1-2H3,(H,47,53)/b46-37-,48-38-. The second-order valence-electron chi connectivity index (χ2n) is 13.2. The largest absolute Gasteiger partial charge is 0.573 e. The highest BCUT2D eigenvalue weighted by Gasteiger charge is 2.39. The van der Waals surface area contributed by atoms with E-state index in [0.29, 0.717) is 32.7 Å². The van der Waals surface area contributed by atoms with E-state index in [1.807, 2.05) is 86.6 Å². The van der Waals surface area contributed by atoms with E-state index in [1.54, 1.807) is 4.90 Å². The Kier molecular flexibility index (Phi) is 12.4. The van der Waals surface area contributed by atoms with Crippen molar-refractivity contribution in [3.63, 3.8) is 0 Å². The lowest BCUT2D eigenvalue weighted by molar-refractivity contribution is -0.274. The molecule has 4 aromatic carbocycles. The van der Waals surface area contributed by atoms with Crippen LogP contribution in [0.3, 0.4) is 0 Å².